The third-order valence-corrected chi connectivity index (χ3v) is 6.40. The maximum Gasteiger partial charge on any atom is 0.314 e. The lowest BCUT2D eigenvalue weighted by molar-refractivity contribution is -0.141. The highest BCUT2D eigenvalue weighted by molar-refractivity contribution is 7.27. The Kier molecular flexibility index (Phi) is 6.49. The van der Waals surface area contributed by atoms with Gasteiger partial charge in [0.15, 0.2) is 0 Å². The number of amides is 2. The van der Waals surface area contributed by atoms with Crippen molar-refractivity contribution in [1.82, 2.24) is 24.5 Å². The van der Waals surface area contributed by atoms with E-state index in [2.05, 4.69) is 24.4 Å². The highest BCUT2D eigenvalue weighted by atomic mass is 31.0. The number of carbonyl (C=O) groups is 2. The Hall–Kier alpha value is -3.72. The van der Waals surface area contributed by atoms with Gasteiger partial charge in [0.1, 0.15) is 5.65 Å². The number of nitrogens with zero attached hydrogens (tertiary/aromatic N) is 6. The molecule has 36 heavy (non-hydrogen) atoms. The van der Waals surface area contributed by atoms with Gasteiger partial charge in [-0.05, 0) is 29.6 Å². The number of benzene rings is 1. The quantitative estimate of drug-likeness (QED) is 0.353. The number of anilines is 1. The molecule has 1 atom stereocenters. The number of halogens is 2. The molecule has 1 saturated heterocycles. The second-order valence-corrected chi connectivity index (χ2v) is 9.19. The second-order valence-electron chi connectivity index (χ2n) is 8.53. The predicted molar refractivity (Wildman–Crippen MR) is 131 cm³/mol. The maximum absolute atomic E-state index is 13.5. The van der Waals surface area contributed by atoms with Gasteiger partial charge >= 0.3 is 6.43 Å². The molecule has 1 fully saturated rings. The Labute approximate surface area is 207 Å². The Balaban J connectivity index is 1.40. The number of imidazole rings is 1. The van der Waals surface area contributed by atoms with E-state index in [1.165, 1.54) is 0 Å². The molecule has 2 amide bonds. The van der Waals surface area contributed by atoms with Crippen LogP contribution in [0, 0.1) is 5.92 Å². The van der Waals surface area contributed by atoms with Crippen molar-refractivity contribution in [3.8, 4) is 11.5 Å². The average Bonchev–Trinajstić information content (AvgIpc) is 3.48. The molecule has 1 aliphatic heterocycles. The van der Waals surface area contributed by atoms with Gasteiger partial charge < -0.3 is 18.6 Å². The van der Waals surface area contributed by atoms with E-state index in [0.717, 1.165) is 11.0 Å². The lowest BCUT2D eigenvalue weighted by atomic mass is 9.97. The third-order valence-electron chi connectivity index (χ3n) is 6.04. The van der Waals surface area contributed by atoms with E-state index in [1.54, 1.807) is 45.7 Å². The van der Waals surface area contributed by atoms with Crippen molar-refractivity contribution < 1.29 is 22.8 Å². The largest absolute Gasteiger partial charge is 0.415 e. The number of carbonyl (C=O) groups excluding carboxylic acids is 2. The number of pyridine rings is 1. The molecule has 4 aromatic rings. The van der Waals surface area contributed by atoms with Crippen LogP contribution in [0.1, 0.15) is 31.4 Å². The van der Waals surface area contributed by atoms with E-state index >= 15 is 0 Å². The van der Waals surface area contributed by atoms with Crippen LogP contribution in [0.25, 0.3) is 17.1 Å². The fourth-order valence-corrected chi connectivity index (χ4v) is 4.40. The number of hydrogen-bond acceptors (Lipinski definition) is 6. The van der Waals surface area contributed by atoms with Crippen LogP contribution in [0.5, 0.6) is 0 Å². The fraction of sp³-hybridized carbons (Fsp3) is 0.292. The Bertz CT molecular complexity index is 1430. The van der Waals surface area contributed by atoms with Gasteiger partial charge in [-0.1, -0.05) is 19.1 Å². The number of hydrogen-bond donors (Lipinski definition) is 0. The van der Waals surface area contributed by atoms with Crippen LogP contribution < -0.4 is 10.2 Å². The van der Waals surface area contributed by atoms with E-state index in [0.29, 0.717) is 36.4 Å². The Morgan fingerprint density at radius 2 is 2.03 bits per heavy atom. The van der Waals surface area contributed by atoms with E-state index in [1.807, 2.05) is 24.3 Å². The highest BCUT2D eigenvalue weighted by Crippen LogP contribution is 2.27. The van der Waals surface area contributed by atoms with Gasteiger partial charge in [0, 0.05) is 43.2 Å². The molecule has 0 radical (unpaired) electrons. The molecule has 0 spiro atoms. The van der Waals surface area contributed by atoms with Crippen LogP contribution in [-0.2, 0) is 16.1 Å². The zero-order valence-corrected chi connectivity index (χ0v) is 20.5. The topological polar surface area (TPSA) is 96.8 Å². The number of likely N-dealkylation sites (tertiary alicyclic amines) is 1. The second kappa shape index (κ2) is 9.73. The molecule has 1 aliphatic rings. The molecule has 9 nitrogen and oxygen atoms in total. The predicted octanol–water partition coefficient (Wildman–Crippen LogP) is 3.22. The Morgan fingerprint density at radius 1 is 1.22 bits per heavy atom. The molecular formula is C24H23F2N6O3P. The van der Waals surface area contributed by atoms with Crippen molar-refractivity contribution >= 4 is 37.7 Å². The van der Waals surface area contributed by atoms with Gasteiger partial charge in [-0.25, -0.2) is 4.98 Å². The van der Waals surface area contributed by atoms with Crippen molar-refractivity contribution in [3.05, 3.63) is 60.4 Å². The summed E-state index contributed by atoms with van der Waals surface area (Å²) in [7, 11) is 2.63. The van der Waals surface area contributed by atoms with Gasteiger partial charge in [0.2, 0.25) is 17.7 Å². The molecule has 12 heteroatoms. The first-order valence-corrected chi connectivity index (χ1v) is 11.9. The van der Waals surface area contributed by atoms with Crippen LogP contribution in [-0.4, -0.2) is 49.4 Å². The van der Waals surface area contributed by atoms with Crippen molar-refractivity contribution in [2.45, 2.75) is 26.3 Å². The van der Waals surface area contributed by atoms with Crippen LogP contribution in [0.2, 0.25) is 0 Å². The molecule has 5 rings (SSSR count). The molecule has 1 unspecified atom stereocenters. The van der Waals surface area contributed by atoms with E-state index in [9.17, 15) is 18.4 Å². The summed E-state index contributed by atoms with van der Waals surface area (Å²) in [5, 5.41) is 7.98. The van der Waals surface area contributed by atoms with Crippen molar-refractivity contribution in [3.63, 3.8) is 0 Å². The first kappa shape index (κ1) is 24.0. The minimum atomic E-state index is -2.85. The summed E-state index contributed by atoms with van der Waals surface area (Å²) >= 11 is 0. The SMILES string of the molecule is CCC(=O)N1CC(C(=O)N(Cc2cn3ccc(-c4nnc(C(F)F)o4)cc3n2)c2cccc(P)c2)C1. The van der Waals surface area contributed by atoms with Gasteiger partial charge in [0.25, 0.3) is 5.89 Å². The monoisotopic (exact) mass is 512 g/mol. The van der Waals surface area contributed by atoms with Crippen molar-refractivity contribution in [1.29, 1.82) is 0 Å². The summed E-state index contributed by atoms with van der Waals surface area (Å²) in [6.45, 7) is 2.83. The minimum Gasteiger partial charge on any atom is -0.415 e. The Morgan fingerprint density at radius 3 is 2.72 bits per heavy atom. The third kappa shape index (κ3) is 4.70. The summed E-state index contributed by atoms with van der Waals surface area (Å²) in [6.07, 6.45) is 1.08. The molecule has 4 heterocycles. The maximum atomic E-state index is 13.5. The van der Waals surface area contributed by atoms with Crippen molar-refractivity contribution in [2.75, 3.05) is 18.0 Å². The summed E-state index contributed by atoms with van der Waals surface area (Å²) in [6, 6.07) is 10.9. The molecule has 0 aliphatic carbocycles. The number of rotatable bonds is 7. The molecule has 3 aromatic heterocycles. The average molecular weight is 512 g/mol. The van der Waals surface area contributed by atoms with Crippen molar-refractivity contribution in [2.24, 2.45) is 5.92 Å². The number of aromatic nitrogens is 4. The number of alkyl halides is 2. The first-order valence-electron chi connectivity index (χ1n) is 11.4. The minimum absolute atomic E-state index is 0.0254. The lowest BCUT2D eigenvalue weighted by Crippen LogP contribution is -2.56. The zero-order chi connectivity index (χ0) is 25.4. The molecule has 0 saturated carbocycles. The first-order chi connectivity index (χ1) is 17.3. The smallest absolute Gasteiger partial charge is 0.314 e. The van der Waals surface area contributed by atoms with Crippen LogP contribution in [0.3, 0.4) is 0 Å². The molecule has 0 bridgehead atoms. The number of fused-ring (bicyclic) bond motifs is 1. The van der Waals surface area contributed by atoms with Crippen LogP contribution in [0.4, 0.5) is 14.5 Å². The van der Waals surface area contributed by atoms with E-state index in [4.69, 9.17) is 4.42 Å². The van der Waals surface area contributed by atoms with Gasteiger partial charge in [0.05, 0.1) is 18.2 Å². The van der Waals surface area contributed by atoms with E-state index < -0.39 is 12.3 Å². The van der Waals surface area contributed by atoms with Gasteiger partial charge in [-0.2, -0.15) is 8.78 Å². The molecule has 0 N–H and O–H groups in total. The van der Waals surface area contributed by atoms with Crippen LogP contribution in [0.15, 0.2) is 53.2 Å². The molecule has 186 valence electrons. The fourth-order valence-electron chi connectivity index (χ4n) is 4.12. The standard InChI is InChI=1S/C24H23F2N6O3P/c1-2-20(33)31-10-15(11-31)24(34)32(17-4-3-5-18(36)9-17)13-16-12-30-7-6-14(8-19(30)27-16)22-28-29-23(35-22)21(25)26/h3-9,12,15,21H,2,10-11,13,36H2,1H3. The summed E-state index contributed by atoms with van der Waals surface area (Å²) < 4.78 is 32.4. The highest BCUT2D eigenvalue weighted by Gasteiger charge is 2.38. The summed E-state index contributed by atoms with van der Waals surface area (Å²) in [4.78, 5) is 33.4. The zero-order valence-electron chi connectivity index (χ0n) is 19.3. The molecule has 1 aromatic carbocycles. The summed E-state index contributed by atoms with van der Waals surface area (Å²) in [5.41, 5.74) is 2.36. The molecular weight excluding hydrogens is 489 g/mol. The lowest BCUT2D eigenvalue weighted by Gasteiger charge is -2.40. The van der Waals surface area contributed by atoms with E-state index in [-0.39, 0.29) is 30.2 Å². The van der Waals surface area contributed by atoms with Gasteiger partial charge in [-0.15, -0.1) is 19.4 Å². The normalized spacial score (nSPS) is 13.9. The van der Waals surface area contributed by atoms with Gasteiger partial charge in [-0.3, -0.25) is 9.59 Å². The van der Waals surface area contributed by atoms with Crippen LogP contribution >= 0.6 is 9.24 Å². The summed E-state index contributed by atoms with van der Waals surface area (Å²) in [5.74, 6) is -1.08.